The second-order valence-electron chi connectivity index (χ2n) is 3.59. The average Bonchev–Trinajstić information content (AvgIpc) is 2.35. The Morgan fingerprint density at radius 3 is 2.33 bits per heavy atom. The maximum atomic E-state index is 12.0. The van der Waals surface area contributed by atoms with Crippen molar-refractivity contribution in [3.63, 3.8) is 0 Å². The van der Waals surface area contributed by atoms with Gasteiger partial charge in [0.15, 0.2) is 0 Å². The maximum absolute atomic E-state index is 12.0. The molecule has 0 spiro atoms. The van der Waals surface area contributed by atoms with Crippen LogP contribution in [0.2, 0.25) is 5.02 Å². The number of benzene rings is 2. The molecule has 0 aliphatic heterocycles. The van der Waals surface area contributed by atoms with Gasteiger partial charge in [0.25, 0.3) is 5.91 Å². The first kappa shape index (κ1) is 13.6. The molecule has 18 heavy (non-hydrogen) atoms. The summed E-state index contributed by atoms with van der Waals surface area (Å²) in [5.74, 6) is -0.172. The van der Waals surface area contributed by atoms with Gasteiger partial charge in [0.05, 0.1) is 5.02 Å². The van der Waals surface area contributed by atoms with E-state index >= 15 is 0 Å². The van der Waals surface area contributed by atoms with Crippen LogP contribution in [0.3, 0.4) is 0 Å². The van der Waals surface area contributed by atoms with Crippen LogP contribution in [0.15, 0.2) is 51.4 Å². The van der Waals surface area contributed by atoms with E-state index in [0.717, 1.165) is 10.2 Å². The molecule has 0 aliphatic rings. The Morgan fingerprint density at radius 1 is 1.06 bits per heavy atom. The van der Waals surface area contributed by atoms with Gasteiger partial charge in [-0.1, -0.05) is 27.5 Å². The number of anilines is 1. The Morgan fingerprint density at radius 2 is 1.72 bits per heavy atom. The summed E-state index contributed by atoms with van der Waals surface area (Å²) in [7, 11) is 0. The summed E-state index contributed by atoms with van der Waals surface area (Å²) >= 11 is 12.5. The van der Waals surface area contributed by atoms with Gasteiger partial charge >= 0.3 is 0 Å². The van der Waals surface area contributed by atoms with Crippen LogP contribution in [-0.4, -0.2) is 5.91 Å². The van der Waals surface area contributed by atoms with E-state index in [-0.39, 0.29) is 5.91 Å². The highest BCUT2D eigenvalue weighted by molar-refractivity contribution is 9.10. The fourth-order valence-corrected chi connectivity index (χ4v) is 2.13. The highest BCUT2D eigenvalue weighted by atomic mass is 79.9. The fourth-order valence-electron chi connectivity index (χ4n) is 1.37. The lowest BCUT2D eigenvalue weighted by atomic mass is 10.2. The van der Waals surface area contributed by atoms with Crippen LogP contribution in [0.1, 0.15) is 10.4 Å². The highest BCUT2D eigenvalue weighted by Crippen LogP contribution is 2.23. The van der Waals surface area contributed by atoms with Gasteiger partial charge in [-0.05, 0) is 58.4 Å². The molecular formula is C13H8Br2ClNO. The van der Waals surface area contributed by atoms with Crippen molar-refractivity contribution in [3.8, 4) is 0 Å². The number of halogens is 3. The Labute approximate surface area is 127 Å². The minimum atomic E-state index is -0.172. The summed E-state index contributed by atoms with van der Waals surface area (Å²) < 4.78 is 1.67. The predicted octanol–water partition coefficient (Wildman–Crippen LogP) is 5.12. The first-order valence-corrected chi connectivity index (χ1v) is 7.04. The quantitative estimate of drug-likeness (QED) is 0.759. The lowest BCUT2D eigenvalue weighted by Crippen LogP contribution is -2.11. The van der Waals surface area contributed by atoms with E-state index in [1.807, 2.05) is 24.3 Å². The molecule has 2 aromatic carbocycles. The van der Waals surface area contributed by atoms with Gasteiger partial charge in [0.2, 0.25) is 0 Å². The number of hydrogen-bond donors (Lipinski definition) is 1. The third kappa shape index (κ3) is 3.34. The summed E-state index contributed by atoms with van der Waals surface area (Å²) in [5.41, 5.74) is 1.29. The summed E-state index contributed by atoms with van der Waals surface area (Å²) in [6.07, 6.45) is 0. The van der Waals surface area contributed by atoms with Crippen molar-refractivity contribution < 1.29 is 4.79 Å². The van der Waals surface area contributed by atoms with Crippen LogP contribution in [-0.2, 0) is 0 Å². The molecule has 2 nitrogen and oxygen atoms in total. The SMILES string of the molecule is O=C(Nc1ccc(Br)cc1)c1ccc(Cl)c(Br)c1. The zero-order valence-electron chi connectivity index (χ0n) is 9.08. The second kappa shape index (κ2) is 5.87. The molecule has 2 aromatic rings. The standard InChI is InChI=1S/C13H8Br2ClNO/c14-9-2-4-10(5-3-9)17-13(18)8-1-6-12(16)11(15)7-8/h1-7H,(H,17,18). The number of carbonyl (C=O) groups excluding carboxylic acids is 1. The van der Waals surface area contributed by atoms with Crippen molar-refractivity contribution in [2.24, 2.45) is 0 Å². The summed E-state index contributed by atoms with van der Waals surface area (Å²) in [4.78, 5) is 12.0. The van der Waals surface area contributed by atoms with Crippen LogP contribution in [0.4, 0.5) is 5.69 Å². The lowest BCUT2D eigenvalue weighted by molar-refractivity contribution is 0.102. The van der Waals surface area contributed by atoms with Gasteiger partial charge in [-0.2, -0.15) is 0 Å². The fraction of sp³-hybridized carbons (Fsp3) is 0. The number of carbonyl (C=O) groups is 1. The van der Waals surface area contributed by atoms with Crippen LogP contribution < -0.4 is 5.32 Å². The van der Waals surface area contributed by atoms with Crippen molar-refractivity contribution >= 4 is 55.1 Å². The van der Waals surface area contributed by atoms with Crippen LogP contribution in [0.5, 0.6) is 0 Å². The van der Waals surface area contributed by atoms with Gasteiger partial charge < -0.3 is 5.32 Å². The van der Waals surface area contributed by atoms with E-state index in [1.54, 1.807) is 18.2 Å². The molecule has 0 atom stereocenters. The van der Waals surface area contributed by atoms with Gasteiger partial charge in [0, 0.05) is 20.2 Å². The van der Waals surface area contributed by atoms with E-state index in [2.05, 4.69) is 37.2 Å². The third-order valence-corrected chi connectivity index (χ3v) is 4.03. The topological polar surface area (TPSA) is 29.1 Å². The molecule has 1 N–H and O–H groups in total. The monoisotopic (exact) mass is 387 g/mol. The minimum Gasteiger partial charge on any atom is -0.322 e. The molecule has 5 heteroatoms. The molecule has 0 saturated heterocycles. The lowest BCUT2D eigenvalue weighted by Gasteiger charge is -2.06. The largest absolute Gasteiger partial charge is 0.322 e. The zero-order valence-corrected chi connectivity index (χ0v) is 13.0. The van der Waals surface area contributed by atoms with Gasteiger partial charge in [0.1, 0.15) is 0 Å². The molecule has 0 bridgehead atoms. The molecule has 0 aromatic heterocycles. The van der Waals surface area contributed by atoms with E-state index < -0.39 is 0 Å². The molecule has 0 fully saturated rings. The number of hydrogen-bond acceptors (Lipinski definition) is 1. The number of rotatable bonds is 2. The summed E-state index contributed by atoms with van der Waals surface area (Å²) in [5, 5.41) is 3.39. The van der Waals surface area contributed by atoms with Crippen LogP contribution in [0.25, 0.3) is 0 Å². The molecule has 0 radical (unpaired) electrons. The van der Waals surface area contributed by atoms with E-state index in [9.17, 15) is 4.79 Å². The normalized spacial score (nSPS) is 10.2. The smallest absolute Gasteiger partial charge is 0.255 e. The number of amides is 1. The first-order chi connectivity index (χ1) is 8.56. The van der Waals surface area contributed by atoms with Crippen molar-refractivity contribution in [1.82, 2.24) is 0 Å². The molecule has 0 aliphatic carbocycles. The first-order valence-electron chi connectivity index (χ1n) is 5.08. The Balaban J connectivity index is 2.16. The molecule has 2 rings (SSSR count). The van der Waals surface area contributed by atoms with Crippen molar-refractivity contribution in [2.45, 2.75) is 0 Å². The minimum absolute atomic E-state index is 0.172. The average molecular weight is 389 g/mol. The Kier molecular flexibility index (Phi) is 4.43. The Hall–Kier alpha value is -0.840. The van der Waals surface area contributed by atoms with Gasteiger partial charge in [-0.25, -0.2) is 0 Å². The van der Waals surface area contributed by atoms with Gasteiger partial charge in [-0.15, -0.1) is 0 Å². The molecule has 1 amide bonds. The molecule has 92 valence electrons. The summed E-state index contributed by atoms with van der Waals surface area (Å²) in [6, 6.07) is 12.4. The predicted molar refractivity (Wildman–Crippen MR) is 81.2 cm³/mol. The highest BCUT2D eigenvalue weighted by Gasteiger charge is 2.08. The van der Waals surface area contributed by atoms with Crippen LogP contribution in [0, 0.1) is 0 Å². The molecule has 0 saturated carbocycles. The van der Waals surface area contributed by atoms with Crippen molar-refractivity contribution in [3.05, 3.63) is 62.0 Å². The van der Waals surface area contributed by atoms with E-state index in [0.29, 0.717) is 15.1 Å². The Bertz CT molecular complexity index is 584. The maximum Gasteiger partial charge on any atom is 0.255 e. The number of nitrogens with one attached hydrogen (secondary N) is 1. The zero-order chi connectivity index (χ0) is 13.1. The summed E-state index contributed by atoms with van der Waals surface area (Å²) in [6.45, 7) is 0. The van der Waals surface area contributed by atoms with Crippen LogP contribution >= 0.6 is 43.5 Å². The molecule has 0 heterocycles. The second-order valence-corrected chi connectivity index (χ2v) is 5.77. The van der Waals surface area contributed by atoms with Crippen molar-refractivity contribution in [2.75, 3.05) is 5.32 Å². The molecular weight excluding hydrogens is 381 g/mol. The third-order valence-electron chi connectivity index (χ3n) is 2.28. The van der Waals surface area contributed by atoms with E-state index in [4.69, 9.17) is 11.6 Å². The molecule has 0 unspecified atom stereocenters. The van der Waals surface area contributed by atoms with E-state index in [1.165, 1.54) is 0 Å². The van der Waals surface area contributed by atoms with Crippen molar-refractivity contribution in [1.29, 1.82) is 0 Å². The van der Waals surface area contributed by atoms with Gasteiger partial charge in [-0.3, -0.25) is 4.79 Å².